The van der Waals surface area contributed by atoms with Gasteiger partial charge < -0.3 is 5.32 Å². The maximum atomic E-state index is 12.8. The minimum atomic E-state index is -4.51. The van der Waals surface area contributed by atoms with Gasteiger partial charge in [-0.2, -0.15) is 13.2 Å². The number of amides is 1. The van der Waals surface area contributed by atoms with Crippen molar-refractivity contribution in [2.24, 2.45) is 0 Å². The molecule has 8 heteroatoms. The molecular formula is C19H21F3N4O. The molecule has 5 nitrogen and oxygen atoms in total. The van der Waals surface area contributed by atoms with Gasteiger partial charge in [-0.25, -0.2) is 9.97 Å². The number of alkyl halides is 3. The fraction of sp³-hybridized carbons (Fsp3) is 0.421. The summed E-state index contributed by atoms with van der Waals surface area (Å²) in [5.41, 5.74) is 0.432. The van der Waals surface area contributed by atoms with Crippen molar-refractivity contribution in [2.45, 2.75) is 44.4 Å². The first kappa shape index (κ1) is 19.3. The highest BCUT2D eigenvalue weighted by Gasteiger charge is 2.33. The second-order valence-electron chi connectivity index (χ2n) is 6.61. The molecule has 27 heavy (non-hydrogen) atoms. The van der Waals surface area contributed by atoms with E-state index in [4.69, 9.17) is 0 Å². The summed E-state index contributed by atoms with van der Waals surface area (Å²) >= 11 is 0. The lowest BCUT2D eigenvalue weighted by atomic mass is 10.1. The van der Waals surface area contributed by atoms with Crippen LogP contribution in [0, 0.1) is 6.92 Å². The van der Waals surface area contributed by atoms with Crippen LogP contribution in [-0.4, -0.2) is 28.5 Å². The van der Waals surface area contributed by atoms with Gasteiger partial charge in [-0.15, -0.1) is 0 Å². The SMILES string of the molecule is Cc1cc(C(F)(F)F)nc(CCNC(=O)[C@H]2CC[C@H](c3ccccc3)N2)n1. The topological polar surface area (TPSA) is 66.9 Å². The van der Waals surface area contributed by atoms with Crippen LogP contribution < -0.4 is 10.6 Å². The standard InChI is InChI=1S/C19H21F3N4O/c1-12-11-16(19(20,21)22)26-17(24-12)9-10-23-18(27)15-8-7-14(25-15)13-5-3-2-4-6-13/h2-6,11,14-15,25H,7-10H2,1H3,(H,23,27)/t14-,15-/m1/s1. The number of aromatic nitrogens is 2. The van der Waals surface area contributed by atoms with E-state index in [1.54, 1.807) is 0 Å². The van der Waals surface area contributed by atoms with Crippen LogP contribution in [0.2, 0.25) is 0 Å². The number of aryl methyl sites for hydroxylation is 1. The third-order valence-electron chi connectivity index (χ3n) is 4.50. The van der Waals surface area contributed by atoms with Crippen molar-refractivity contribution in [1.29, 1.82) is 0 Å². The largest absolute Gasteiger partial charge is 0.433 e. The number of nitrogens with one attached hydrogen (secondary N) is 2. The van der Waals surface area contributed by atoms with Crippen LogP contribution in [0.15, 0.2) is 36.4 Å². The Hall–Kier alpha value is -2.48. The monoisotopic (exact) mass is 378 g/mol. The molecule has 0 saturated carbocycles. The summed E-state index contributed by atoms with van der Waals surface area (Å²) in [4.78, 5) is 19.9. The number of rotatable bonds is 5. The summed E-state index contributed by atoms with van der Waals surface area (Å²) in [6.07, 6.45) is -2.79. The Bertz CT molecular complexity index is 795. The Morgan fingerprint density at radius 1 is 1.22 bits per heavy atom. The number of carbonyl (C=O) groups excluding carboxylic acids is 1. The number of benzene rings is 1. The Morgan fingerprint density at radius 3 is 2.67 bits per heavy atom. The Balaban J connectivity index is 1.51. The maximum absolute atomic E-state index is 12.8. The van der Waals surface area contributed by atoms with Gasteiger partial charge in [0.2, 0.25) is 5.91 Å². The summed E-state index contributed by atoms with van der Waals surface area (Å²) in [7, 11) is 0. The first-order chi connectivity index (χ1) is 12.8. The molecule has 1 aliphatic rings. The lowest BCUT2D eigenvalue weighted by Crippen LogP contribution is -2.41. The van der Waals surface area contributed by atoms with E-state index < -0.39 is 11.9 Å². The average molecular weight is 378 g/mol. The van der Waals surface area contributed by atoms with Crippen LogP contribution in [0.5, 0.6) is 0 Å². The fourth-order valence-electron chi connectivity index (χ4n) is 3.21. The molecule has 2 N–H and O–H groups in total. The average Bonchev–Trinajstić information content (AvgIpc) is 3.11. The molecule has 2 heterocycles. The number of halogens is 3. The molecule has 1 aromatic heterocycles. The molecule has 2 atom stereocenters. The van der Waals surface area contributed by atoms with Crippen molar-refractivity contribution in [3.8, 4) is 0 Å². The molecule has 0 spiro atoms. The van der Waals surface area contributed by atoms with Gasteiger partial charge in [0.25, 0.3) is 0 Å². The molecule has 2 aromatic rings. The van der Waals surface area contributed by atoms with Gasteiger partial charge in [-0.05, 0) is 31.4 Å². The minimum absolute atomic E-state index is 0.0733. The predicted octanol–water partition coefficient (Wildman–Crippen LogP) is 2.96. The molecule has 0 bridgehead atoms. The van der Waals surface area contributed by atoms with Crippen LogP contribution in [0.25, 0.3) is 0 Å². The van der Waals surface area contributed by atoms with Gasteiger partial charge >= 0.3 is 6.18 Å². The summed E-state index contributed by atoms with van der Waals surface area (Å²) in [6, 6.07) is 10.6. The molecule has 1 amide bonds. The van der Waals surface area contributed by atoms with E-state index in [-0.39, 0.29) is 42.5 Å². The van der Waals surface area contributed by atoms with E-state index in [0.717, 1.165) is 18.1 Å². The van der Waals surface area contributed by atoms with Crippen molar-refractivity contribution in [1.82, 2.24) is 20.6 Å². The molecule has 0 unspecified atom stereocenters. The van der Waals surface area contributed by atoms with Crippen LogP contribution in [0.1, 0.15) is 41.7 Å². The summed E-state index contributed by atoms with van der Waals surface area (Å²) in [5.74, 6) is -0.0821. The molecule has 1 aromatic carbocycles. The van der Waals surface area contributed by atoms with Crippen LogP contribution in [-0.2, 0) is 17.4 Å². The number of hydrogen-bond acceptors (Lipinski definition) is 4. The van der Waals surface area contributed by atoms with Crippen LogP contribution >= 0.6 is 0 Å². The zero-order valence-electron chi connectivity index (χ0n) is 14.9. The van der Waals surface area contributed by atoms with Gasteiger partial charge in [-0.1, -0.05) is 30.3 Å². The predicted molar refractivity (Wildman–Crippen MR) is 93.8 cm³/mol. The first-order valence-corrected chi connectivity index (χ1v) is 8.83. The fourth-order valence-corrected chi connectivity index (χ4v) is 3.21. The number of nitrogens with zero attached hydrogens (tertiary/aromatic N) is 2. The Kier molecular flexibility index (Phi) is 5.74. The second-order valence-corrected chi connectivity index (χ2v) is 6.61. The van der Waals surface area contributed by atoms with Gasteiger partial charge in [0.05, 0.1) is 6.04 Å². The third-order valence-corrected chi connectivity index (χ3v) is 4.50. The van der Waals surface area contributed by atoms with E-state index in [2.05, 4.69) is 20.6 Å². The van der Waals surface area contributed by atoms with Crippen LogP contribution in [0.3, 0.4) is 0 Å². The Labute approximate surface area is 155 Å². The smallest absolute Gasteiger partial charge is 0.354 e. The zero-order chi connectivity index (χ0) is 19.4. The van der Waals surface area contributed by atoms with E-state index in [0.29, 0.717) is 6.42 Å². The highest BCUT2D eigenvalue weighted by Crippen LogP contribution is 2.28. The molecule has 0 aliphatic carbocycles. The van der Waals surface area contributed by atoms with Crippen LogP contribution in [0.4, 0.5) is 13.2 Å². The van der Waals surface area contributed by atoms with Gasteiger partial charge in [-0.3, -0.25) is 10.1 Å². The van der Waals surface area contributed by atoms with Crippen molar-refractivity contribution >= 4 is 5.91 Å². The number of carbonyl (C=O) groups is 1. The molecule has 144 valence electrons. The van der Waals surface area contributed by atoms with E-state index >= 15 is 0 Å². The normalized spacial score (nSPS) is 19.9. The van der Waals surface area contributed by atoms with Gasteiger partial charge in [0.1, 0.15) is 11.5 Å². The van der Waals surface area contributed by atoms with Crippen molar-refractivity contribution in [3.63, 3.8) is 0 Å². The maximum Gasteiger partial charge on any atom is 0.433 e. The van der Waals surface area contributed by atoms with E-state index in [1.165, 1.54) is 6.92 Å². The summed E-state index contributed by atoms with van der Waals surface area (Å²) in [5, 5.41) is 6.06. The first-order valence-electron chi connectivity index (χ1n) is 8.83. The zero-order valence-corrected chi connectivity index (χ0v) is 14.9. The minimum Gasteiger partial charge on any atom is -0.354 e. The molecule has 1 saturated heterocycles. The van der Waals surface area contributed by atoms with Gasteiger partial charge in [0, 0.05) is 24.7 Å². The van der Waals surface area contributed by atoms with E-state index in [9.17, 15) is 18.0 Å². The lowest BCUT2D eigenvalue weighted by molar-refractivity contribution is -0.141. The van der Waals surface area contributed by atoms with Gasteiger partial charge in [0.15, 0.2) is 0 Å². The summed E-state index contributed by atoms with van der Waals surface area (Å²) in [6.45, 7) is 1.68. The third kappa shape index (κ3) is 5.03. The highest BCUT2D eigenvalue weighted by atomic mass is 19.4. The van der Waals surface area contributed by atoms with Crippen molar-refractivity contribution < 1.29 is 18.0 Å². The second kappa shape index (κ2) is 8.04. The molecular weight excluding hydrogens is 357 g/mol. The molecule has 1 aliphatic heterocycles. The Morgan fingerprint density at radius 2 is 1.96 bits per heavy atom. The lowest BCUT2D eigenvalue weighted by Gasteiger charge is -2.15. The number of hydrogen-bond donors (Lipinski definition) is 2. The van der Waals surface area contributed by atoms with Crippen molar-refractivity contribution in [3.05, 3.63) is 59.2 Å². The summed E-state index contributed by atoms with van der Waals surface area (Å²) < 4.78 is 38.4. The van der Waals surface area contributed by atoms with Crippen molar-refractivity contribution in [2.75, 3.05) is 6.54 Å². The highest BCUT2D eigenvalue weighted by molar-refractivity contribution is 5.82. The van der Waals surface area contributed by atoms with E-state index in [1.807, 2.05) is 30.3 Å². The molecule has 1 fully saturated rings. The molecule has 3 rings (SSSR count). The quantitative estimate of drug-likeness (QED) is 0.840. The molecule has 0 radical (unpaired) electrons.